The summed E-state index contributed by atoms with van der Waals surface area (Å²) in [5.41, 5.74) is 5.21. The fourth-order valence-electron chi connectivity index (χ4n) is 2.30. The molecule has 0 saturated carbocycles. The zero-order valence-corrected chi connectivity index (χ0v) is 13.2. The predicted molar refractivity (Wildman–Crippen MR) is 80.9 cm³/mol. The van der Waals surface area contributed by atoms with Gasteiger partial charge in [0.25, 0.3) is 0 Å². The molecule has 2 rings (SSSR count). The maximum absolute atomic E-state index is 5.72. The van der Waals surface area contributed by atoms with Crippen molar-refractivity contribution in [1.82, 2.24) is 5.43 Å². The molecule has 6 heteroatoms. The number of ether oxygens (including phenoxy) is 3. The Hall–Kier alpha value is -0.660. The Kier molecular flexibility index (Phi) is 6.25. The van der Waals surface area contributed by atoms with Gasteiger partial charge in [-0.1, -0.05) is 15.9 Å². The lowest BCUT2D eigenvalue weighted by molar-refractivity contribution is 0.0586. The van der Waals surface area contributed by atoms with Gasteiger partial charge in [0.15, 0.2) is 0 Å². The summed E-state index contributed by atoms with van der Waals surface area (Å²) in [4.78, 5) is 0. The summed E-state index contributed by atoms with van der Waals surface area (Å²) >= 11 is 3.55. The first-order chi connectivity index (χ1) is 9.74. The van der Waals surface area contributed by atoms with Crippen molar-refractivity contribution in [3.63, 3.8) is 0 Å². The molecule has 1 aromatic carbocycles. The Morgan fingerprint density at radius 3 is 3.05 bits per heavy atom. The Morgan fingerprint density at radius 2 is 2.30 bits per heavy atom. The average molecular weight is 345 g/mol. The van der Waals surface area contributed by atoms with E-state index in [9.17, 15) is 0 Å². The van der Waals surface area contributed by atoms with Crippen molar-refractivity contribution < 1.29 is 14.2 Å². The molecule has 0 spiro atoms. The minimum Gasteiger partial charge on any atom is -0.493 e. The van der Waals surface area contributed by atoms with Crippen LogP contribution in [0.15, 0.2) is 16.6 Å². The smallest absolute Gasteiger partial charge is 0.125 e. The van der Waals surface area contributed by atoms with E-state index >= 15 is 0 Å². The van der Waals surface area contributed by atoms with Gasteiger partial charge in [-0.2, -0.15) is 0 Å². The van der Waals surface area contributed by atoms with Gasteiger partial charge < -0.3 is 14.2 Å². The molecule has 112 valence electrons. The summed E-state index contributed by atoms with van der Waals surface area (Å²) < 4.78 is 17.3. The first-order valence-electron chi connectivity index (χ1n) is 6.71. The standard InChI is InChI=1S/C14H21BrN2O3/c1-18-4-5-19-9-13(17-16)8-11-7-12(15)6-10-2-3-20-14(10)11/h6-7,13,17H,2-5,8-9,16H2,1H3. The monoisotopic (exact) mass is 344 g/mol. The van der Waals surface area contributed by atoms with Crippen LogP contribution < -0.4 is 16.0 Å². The van der Waals surface area contributed by atoms with Gasteiger partial charge in [0.1, 0.15) is 5.75 Å². The Bertz CT molecular complexity index is 443. The fraction of sp³-hybridized carbons (Fsp3) is 0.571. The molecule has 20 heavy (non-hydrogen) atoms. The molecule has 0 bridgehead atoms. The number of hydrogen-bond acceptors (Lipinski definition) is 5. The molecule has 5 nitrogen and oxygen atoms in total. The van der Waals surface area contributed by atoms with Crippen LogP contribution in [0.4, 0.5) is 0 Å². The molecule has 0 amide bonds. The third kappa shape index (κ3) is 4.17. The number of rotatable bonds is 8. The van der Waals surface area contributed by atoms with Crippen LogP contribution in [0.2, 0.25) is 0 Å². The number of nitrogens with two attached hydrogens (primary N) is 1. The van der Waals surface area contributed by atoms with Gasteiger partial charge >= 0.3 is 0 Å². The minimum absolute atomic E-state index is 0.0504. The Morgan fingerprint density at radius 1 is 1.45 bits per heavy atom. The van der Waals surface area contributed by atoms with Crippen LogP contribution in [0.25, 0.3) is 0 Å². The van der Waals surface area contributed by atoms with Crippen molar-refractivity contribution in [1.29, 1.82) is 0 Å². The van der Waals surface area contributed by atoms with E-state index in [0.29, 0.717) is 19.8 Å². The SMILES string of the molecule is COCCOCC(Cc1cc(Br)cc2c1OCC2)NN. The maximum Gasteiger partial charge on any atom is 0.125 e. The molecular weight excluding hydrogens is 324 g/mol. The zero-order valence-electron chi connectivity index (χ0n) is 11.7. The molecule has 0 radical (unpaired) electrons. The van der Waals surface area contributed by atoms with Crippen molar-refractivity contribution >= 4 is 15.9 Å². The van der Waals surface area contributed by atoms with Gasteiger partial charge in [-0.05, 0) is 29.7 Å². The number of fused-ring (bicyclic) bond motifs is 1. The number of nitrogens with one attached hydrogen (secondary N) is 1. The molecule has 0 aromatic heterocycles. The normalized spacial score (nSPS) is 14.9. The van der Waals surface area contributed by atoms with Gasteiger partial charge in [-0.15, -0.1) is 0 Å². The van der Waals surface area contributed by atoms with Gasteiger partial charge in [0, 0.05) is 24.0 Å². The van der Waals surface area contributed by atoms with Crippen molar-refractivity contribution in [2.24, 2.45) is 5.84 Å². The average Bonchev–Trinajstić information content (AvgIpc) is 2.90. The molecule has 1 heterocycles. The van der Waals surface area contributed by atoms with Crippen molar-refractivity contribution in [3.8, 4) is 5.75 Å². The van der Waals surface area contributed by atoms with E-state index in [1.165, 1.54) is 5.56 Å². The van der Waals surface area contributed by atoms with E-state index in [0.717, 1.165) is 35.2 Å². The molecule has 0 fully saturated rings. The van der Waals surface area contributed by atoms with E-state index in [4.69, 9.17) is 20.1 Å². The lowest BCUT2D eigenvalue weighted by atomic mass is 10.0. The highest BCUT2D eigenvalue weighted by Gasteiger charge is 2.19. The van der Waals surface area contributed by atoms with Crippen molar-refractivity contribution in [2.75, 3.05) is 33.5 Å². The Balaban J connectivity index is 1.97. The molecule has 1 atom stereocenters. The molecule has 3 N–H and O–H groups in total. The highest BCUT2D eigenvalue weighted by atomic mass is 79.9. The zero-order chi connectivity index (χ0) is 14.4. The third-order valence-corrected chi connectivity index (χ3v) is 3.74. The summed E-state index contributed by atoms with van der Waals surface area (Å²) in [6, 6.07) is 4.25. The summed E-state index contributed by atoms with van der Waals surface area (Å²) in [6.07, 6.45) is 1.73. The summed E-state index contributed by atoms with van der Waals surface area (Å²) in [5.74, 6) is 6.61. The second kappa shape index (κ2) is 7.95. The fourth-order valence-corrected chi connectivity index (χ4v) is 2.85. The first-order valence-corrected chi connectivity index (χ1v) is 7.50. The van der Waals surface area contributed by atoms with Crippen molar-refractivity contribution in [3.05, 3.63) is 27.7 Å². The first kappa shape index (κ1) is 15.7. The number of benzene rings is 1. The van der Waals surface area contributed by atoms with Gasteiger partial charge in [-0.25, -0.2) is 0 Å². The van der Waals surface area contributed by atoms with Crippen LogP contribution in [-0.4, -0.2) is 39.6 Å². The molecule has 1 aliphatic heterocycles. The number of methoxy groups -OCH3 is 1. The van der Waals surface area contributed by atoms with Crippen LogP contribution >= 0.6 is 15.9 Å². The molecule has 0 saturated heterocycles. The van der Waals surface area contributed by atoms with Crippen molar-refractivity contribution in [2.45, 2.75) is 18.9 Å². The third-order valence-electron chi connectivity index (χ3n) is 3.28. The molecular formula is C14H21BrN2O3. The maximum atomic E-state index is 5.72. The topological polar surface area (TPSA) is 65.7 Å². The van der Waals surface area contributed by atoms with Crippen LogP contribution in [0.3, 0.4) is 0 Å². The number of hydrazine groups is 1. The molecule has 1 aromatic rings. The van der Waals surface area contributed by atoms with Gasteiger partial charge in [0.05, 0.1) is 26.4 Å². The van der Waals surface area contributed by atoms with E-state index < -0.39 is 0 Å². The second-order valence-electron chi connectivity index (χ2n) is 4.79. The largest absolute Gasteiger partial charge is 0.493 e. The highest BCUT2D eigenvalue weighted by Crippen LogP contribution is 2.33. The second-order valence-corrected chi connectivity index (χ2v) is 5.70. The van der Waals surface area contributed by atoms with E-state index in [2.05, 4.69) is 33.5 Å². The van der Waals surface area contributed by atoms with Gasteiger partial charge in [0.2, 0.25) is 0 Å². The van der Waals surface area contributed by atoms with Gasteiger partial charge in [-0.3, -0.25) is 11.3 Å². The highest BCUT2D eigenvalue weighted by molar-refractivity contribution is 9.10. The molecule has 1 aliphatic rings. The number of halogens is 1. The van der Waals surface area contributed by atoms with E-state index in [-0.39, 0.29) is 6.04 Å². The van der Waals surface area contributed by atoms with Crippen LogP contribution in [0.5, 0.6) is 5.75 Å². The Labute approximate surface area is 127 Å². The van der Waals surface area contributed by atoms with Crippen LogP contribution in [0, 0.1) is 0 Å². The summed E-state index contributed by atoms with van der Waals surface area (Å²) in [5, 5.41) is 0. The lowest BCUT2D eigenvalue weighted by Gasteiger charge is -2.18. The minimum atomic E-state index is 0.0504. The number of hydrogen-bond donors (Lipinski definition) is 2. The lowest BCUT2D eigenvalue weighted by Crippen LogP contribution is -2.40. The van der Waals surface area contributed by atoms with Crippen LogP contribution in [0.1, 0.15) is 11.1 Å². The van der Waals surface area contributed by atoms with Crippen LogP contribution in [-0.2, 0) is 22.3 Å². The quantitative estimate of drug-likeness (QED) is 0.424. The summed E-state index contributed by atoms with van der Waals surface area (Å²) in [7, 11) is 1.66. The molecule has 0 aliphatic carbocycles. The van der Waals surface area contributed by atoms with E-state index in [1.54, 1.807) is 7.11 Å². The molecule has 1 unspecified atom stereocenters. The van der Waals surface area contributed by atoms with E-state index in [1.807, 2.05) is 0 Å². The summed E-state index contributed by atoms with van der Waals surface area (Å²) in [6.45, 7) is 2.46. The predicted octanol–water partition coefficient (Wildman–Crippen LogP) is 1.42.